The fraction of sp³-hybridized carbons (Fsp3) is 0.238. The molecule has 0 spiro atoms. The van der Waals surface area contributed by atoms with Gasteiger partial charge >= 0.3 is 0 Å². The first-order valence-electron chi connectivity index (χ1n) is 9.27. The van der Waals surface area contributed by atoms with E-state index in [1.54, 1.807) is 18.5 Å². The van der Waals surface area contributed by atoms with Gasteiger partial charge in [-0.1, -0.05) is 30.0 Å². The molecule has 7 nitrogen and oxygen atoms in total. The van der Waals surface area contributed by atoms with E-state index < -0.39 is 0 Å². The number of para-hydroxylation sites is 2. The average molecular weight is 410 g/mol. The number of nitrogens with one attached hydrogen (secondary N) is 1. The molecule has 0 aliphatic carbocycles. The number of hydrogen-bond acceptors (Lipinski definition) is 6. The van der Waals surface area contributed by atoms with Crippen molar-refractivity contribution in [2.45, 2.75) is 30.8 Å². The minimum Gasteiger partial charge on any atom is -0.492 e. The second kappa shape index (κ2) is 9.88. The highest BCUT2D eigenvalue weighted by molar-refractivity contribution is 8.00. The second-order valence-electron chi connectivity index (χ2n) is 6.13. The highest BCUT2D eigenvalue weighted by atomic mass is 32.2. The van der Waals surface area contributed by atoms with Crippen LogP contribution in [0, 0.1) is 0 Å². The molecule has 2 aromatic heterocycles. The van der Waals surface area contributed by atoms with Crippen LogP contribution in [0.4, 0.5) is 5.69 Å². The lowest BCUT2D eigenvalue weighted by Crippen LogP contribution is -2.23. The maximum atomic E-state index is 12.7. The highest BCUT2D eigenvalue weighted by Crippen LogP contribution is 2.29. The molecule has 0 fully saturated rings. The van der Waals surface area contributed by atoms with E-state index in [9.17, 15) is 4.79 Å². The molecule has 0 saturated heterocycles. The number of ether oxygens (including phenoxy) is 1. The molecular weight excluding hydrogens is 386 g/mol. The Morgan fingerprint density at radius 3 is 2.86 bits per heavy atom. The van der Waals surface area contributed by atoms with E-state index in [0.29, 0.717) is 35.6 Å². The van der Waals surface area contributed by atoms with E-state index in [2.05, 4.69) is 27.1 Å². The topological polar surface area (TPSA) is 81.9 Å². The zero-order valence-electron chi connectivity index (χ0n) is 16.4. The van der Waals surface area contributed by atoms with Gasteiger partial charge in [0, 0.05) is 24.5 Å². The van der Waals surface area contributed by atoms with E-state index in [1.807, 2.05) is 54.8 Å². The molecule has 1 aromatic carbocycles. The van der Waals surface area contributed by atoms with Crippen molar-refractivity contribution in [3.8, 4) is 17.1 Å². The summed E-state index contributed by atoms with van der Waals surface area (Å²) in [7, 11) is 0. The lowest BCUT2D eigenvalue weighted by molar-refractivity contribution is -0.115. The smallest absolute Gasteiger partial charge is 0.237 e. The van der Waals surface area contributed by atoms with Crippen molar-refractivity contribution in [3.05, 3.63) is 61.4 Å². The fourth-order valence-electron chi connectivity index (χ4n) is 2.68. The Morgan fingerprint density at radius 2 is 2.14 bits per heavy atom. The van der Waals surface area contributed by atoms with E-state index >= 15 is 0 Å². The third kappa shape index (κ3) is 5.03. The largest absolute Gasteiger partial charge is 0.492 e. The van der Waals surface area contributed by atoms with E-state index in [4.69, 9.17) is 4.74 Å². The number of hydrogen-bond donors (Lipinski definition) is 1. The summed E-state index contributed by atoms with van der Waals surface area (Å²) < 4.78 is 7.50. The summed E-state index contributed by atoms with van der Waals surface area (Å²) >= 11 is 1.34. The molecule has 0 aliphatic heterocycles. The van der Waals surface area contributed by atoms with Crippen LogP contribution in [0.5, 0.6) is 5.75 Å². The number of aromatic nitrogens is 4. The van der Waals surface area contributed by atoms with Gasteiger partial charge in [0.25, 0.3) is 0 Å². The van der Waals surface area contributed by atoms with Crippen molar-refractivity contribution in [2.75, 3.05) is 11.9 Å². The quantitative estimate of drug-likeness (QED) is 0.424. The van der Waals surface area contributed by atoms with Crippen LogP contribution in [0.3, 0.4) is 0 Å². The first-order valence-corrected chi connectivity index (χ1v) is 10.2. The third-order valence-corrected chi connectivity index (χ3v) is 5.12. The number of carbonyl (C=O) groups is 1. The molecule has 2 heterocycles. The molecule has 1 N–H and O–H groups in total. The molecule has 1 amide bonds. The number of anilines is 1. The maximum absolute atomic E-state index is 12.7. The normalized spacial score (nSPS) is 11.7. The van der Waals surface area contributed by atoms with Gasteiger partial charge in [-0.25, -0.2) is 0 Å². The van der Waals surface area contributed by atoms with Gasteiger partial charge in [0.05, 0.1) is 17.5 Å². The summed E-state index contributed by atoms with van der Waals surface area (Å²) in [6.07, 6.45) is 5.22. The summed E-state index contributed by atoms with van der Waals surface area (Å²) in [5.74, 6) is 1.20. The molecule has 0 bridgehead atoms. The number of allylic oxidation sites excluding steroid dienone is 1. The molecule has 0 radical (unpaired) electrons. The van der Waals surface area contributed by atoms with Gasteiger partial charge in [0.1, 0.15) is 5.75 Å². The van der Waals surface area contributed by atoms with Crippen LogP contribution in [0.2, 0.25) is 0 Å². The van der Waals surface area contributed by atoms with Crippen LogP contribution in [0.15, 0.2) is 66.6 Å². The first kappa shape index (κ1) is 20.6. The Balaban J connectivity index is 1.77. The van der Waals surface area contributed by atoms with Gasteiger partial charge in [-0.2, -0.15) is 0 Å². The van der Waals surface area contributed by atoms with E-state index in [1.165, 1.54) is 11.8 Å². The van der Waals surface area contributed by atoms with E-state index in [-0.39, 0.29) is 11.2 Å². The Kier molecular flexibility index (Phi) is 7.02. The van der Waals surface area contributed by atoms with Crippen molar-refractivity contribution in [1.82, 2.24) is 19.7 Å². The lowest BCUT2D eigenvalue weighted by atomic mass is 10.3. The molecular formula is C21H23N5O2S. The first-order chi connectivity index (χ1) is 14.1. The van der Waals surface area contributed by atoms with Crippen LogP contribution in [-0.2, 0) is 11.3 Å². The van der Waals surface area contributed by atoms with Gasteiger partial charge in [-0.15, -0.1) is 16.8 Å². The van der Waals surface area contributed by atoms with Crippen molar-refractivity contribution in [3.63, 3.8) is 0 Å². The number of carbonyl (C=O) groups excluding carboxylic acids is 1. The van der Waals surface area contributed by atoms with Gasteiger partial charge in [-0.3, -0.25) is 14.3 Å². The minimum absolute atomic E-state index is 0.141. The Hall–Kier alpha value is -3.13. The van der Waals surface area contributed by atoms with Crippen LogP contribution in [0.1, 0.15) is 13.8 Å². The summed E-state index contributed by atoms with van der Waals surface area (Å²) in [6, 6.07) is 11.2. The zero-order chi connectivity index (χ0) is 20.6. The molecule has 3 aromatic rings. The monoisotopic (exact) mass is 409 g/mol. The molecule has 0 saturated carbocycles. The van der Waals surface area contributed by atoms with E-state index in [0.717, 1.165) is 5.56 Å². The number of pyridine rings is 1. The van der Waals surface area contributed by atoms with Crippen LogP contribution >= 0.6 is 11.8 Å². The average Bonchev–Trinajstić information content (AvgIpc) is 3.13. The number of nitrogens with zero attached hydrogens (tertiary/aromatic N) is 4. The van der Waals surface area contributed by atoms with Gasteiger partial charge in [-0.05, 0) is 38.1 Å². The van der Waals surface area contributed by atoms with Crippen LogP contribution in [-0.4, -0.2) is 37.5 Å². The fourth-order valence-corrected chi connectivity index (χ4v) is 3.53. The summed E-state index contributed by atoms with van der Waals surface area (Å²) in [5.41, 5.74) is 1.51. The van der Waals surface area contributed by atoms with Gasteiger partial charge < -0.3 is 10.1 Å². The standard InChI is InChI=1S/C21H23N5O2S/c1-4-13-26-19(16-9-8-12-22-14-16)24-25-21(26)29-15(3)20(27)23-17-10-6-7-11-18(17)28-5-2/h4,6-12,14-15H,1,5,13H2,2-3H3,(H,23,27)/t15-/m0/s1. The Labute approximate surface area is 174 Å². The van der Waals surface area contributed by atoms with Gasteiger partial charge in [0.15, 0.2) is 11.0 Å². The lowest BCUT2D eigenvalue weighted by Gasteiger charge is -2.15. The third-order valence-electron chi connectivity index (χ3n) is 4.04. The number of rotatable bonds is 9. The predicted molar refractivity (Wildman–Crippen MR) is 115 cm³/mol. The summed E-state index contributed by atoms with van der Waals surface area (Å²) in [6.45, 7) is 8.61. The Bertz CT molecular complexity index is 974. The molecule has 0 unspecified atom stereocenters. The molecule has 29 heavy (non-hydrogen) atoms. The van der Waals surface area contributed by atoms with Crippen LogP contribution < -0.4 is 10.1 Å². The molecule has 150 valence electrons. The summed E-state index contributed by atoms with van der Waals surface area (Å²) in [4.78, 5) is 16.9. The molecule has 0 aliphatic rings. The zero-order valence-corrected chi connectivity index (χ0v) is 17.2. The number of benzene rings is 1. The minimum atomic E-state index is -0.390. The molecule has 1 atom stereocenters. The highest BCUT2D eigenvalue weighted by Gasteiger charge is 2.21. The second-order valence-corrected chi connectivity index (χ2v) is 7.43. The van der Waals surface area contributed by atoms with Crippen molar-refractivity contribution in [1.29, 1.82) is 0 Å². The van der Waals surface area contributed by atoms with Crippen molar-refractivity contribution in [2.24, 2.45) is 0 Å². The molecule has 8 heteroatoms. The van der Waals surface area contributed by atoms with Crippen molar-refractivity contribution < 1.29 is 9.53 Å². The van der Waals surface area contributed by atoms with Gasteiger partial charge in [0.2, 0.25) is 5.91 Å². The van der Waals surface area contributed by atoms with Crippen molar-refractivity contribution >= 4 is 23.4 Å². The summed E-state index contributed by atoms with van der Waals surface area (Å²) in [5, 5.41) is 11.8. The molecule has 3 rings (SSSR count). The number of thioether (sulfide) groups is 1. The maximum Gasteiger partial charge on any atom is 0.237 e. The number of amides is 1. The SMILES string of the molecule is C=CCn1c(S[C@@H](C)C(=O)Nc2ccccc2OCC)nnc1-c1cccnc1. The Morgan fingerprint density at radius 1 is 1.31 bits per heavy atom. The van der Waals surface area contributed by atoms with Crippen LogP contribution in [0.25, 0.3) is 11.4 Å². The predicted octanol–water partition coefficient (Wildman–Crippen LogP) is 4.04.